The van der Waals surface area contributed by atoms with E-state index in [-0.39, 0.29) is 0 Å². The Morgan fingerprint density at radius 2 is 2.28 bits per heavy atom. The van der Waals surface area contributed by atoms with Crippen molar-refractivity contribution in [3.63, 3.8) is 0 Å². The molecular formula is C14H21ClN2O. The van der Waals surface area contributed by atoms with Gasteiger partial charge in [-0.3, -0.25) is 0 Å². The molecule has 1 N–H and O–H groups in total. The molecule has 1 aromatic heterocycles. The van der Waals surface area contributed by atoms with E-state index in [1.54, 1.807) is 0 Å². The zero-order valence-corrected chi connectivity index (χ0v) is 11.8. The highest BCUT2D eigenvalue weighted by molar-refractivity contribution is 6.31. The third kappa shape index (κ3) is 3.59. The van der Waals surface area contributed by atoms with Crippen LogP contribution in [-0.4, -0.2) is 18.1 Å². The van der Waals surface area contributed by atoms with Crippen LogP contribution in [0.15, 0.2) is 12.1 Å². The molecule has 2 rings (SSSR count). The number of anilines is 1. The van der Waals surface area contributed by atoms with Crippen LogP contribution in [0.2, 0.25) is 5.02 Å². The summed E-state index contributed by atoms with van der Waals surface area (Å²) in [6, 6.07) is 3.73. The van der Waals surface area contributed by atoms with Gasteiger partial charge in [-0.2, -0.15) is 0 Å². The number of nitrogens with zero attached hydrogens (tertiary/aromatic N) is 1. The number of hydrogen-bond donors (Lipinski definition) is 1. The highest BCUT2D eigenvalue weighted by Gasteiger charge is 2.19. The molecule has 0 aromatic carbocycles. The van der Waals surface area contributed by atoms with Gasteiger partial charge in [0.25, 0.3) is 0 Å². The highest BCUT2D eigenvalue weighted by Crippen LogP contribution is 2.27. The first-order valence-electron chi connectivity index (χ1n) is 6.64. The molecule has 0 aliphatic heterocycles. The summed E-state index contributed by atoms with van der Waals surface area (Å²) >= 11 is 6.13. The molecule has 18 heavy (non-hydrogen) atoms. The van der Waals surface area contributed by atoms with Gasteiger partial charge in [0.05, 0.1) is 23.4 Å². The number of rotatable bonds is 4. The Kier molecular flexibility index (Phi) is 4.84. The number of ether oxygens (including phenoxy) is 1. The minimum Gasteiger partial charge on any atom is -0.373 e. The number of aromatic nitrogens is 1. The van der Waals surface area contributed by atoms with Gasteiger partial charge >= 0.3 is 0 Å². The van der Waals surface area contributed by atoms with Gasteiger partial charge in [0.15, 0.2) is 0 Å². The van der Waals surface area contributed by atoms with Crippen LogP contribution in [0.1, 0.15) is 38.3 Å². The molecule has 1 fully saturated rings. The number of pyridine rings is 1. The van der Waals surface area contributed by atoms with Crippen LogP contribution >= 0.6 is 11.6 Å². The van der Waals surface area contributed by atoms with Crippen LogP contribution in [0.5, 0.6) is 0 Å². The fourth-order valence-corrected chi connectivity index (χ4v) is 2.61. The molecule has 1 aliphatic carbocycles. The van der Waals surface area contributed by atoms with Gasteiger partial charge in [-0.05, 0) is 30.9 Å². The third-order valence-electron chi connectivity index (χ3n) is 3.52. The van der Waals surface area contributed by atoms with E-state index < -0.39 is 0 Å². The zero-order chi connectivity index (χ0) is 13.0. The summed E-state index contributed by atoms with van der Waals surface area (Å²) in [6.07, 6.45) is 5.28. The standard InChI is InChI=1S/C14H21ClN2O/c1-10-4-3-5-11(8-10)18-9-13-12(15)6-7-14(16-2)17-13/h6-7,10-11H,3-5,8-9H2,1-2H3,(H,16,17). The first-order chi connectivity index (χ1) is 8.69. The van der Waals surface area contributed by atoms with Crippen molar-refractivity contribution in [3.05, 3.63) is 22.8 Å². The lowest BCUT2D eigenvalue weighted by molar-refractivity contribution is 0.00330. The molecular weight excluding hydrogens is 248 g/mol. The lowest BCUT2D eigenvalue weighted by atomic mass is 9.89. The molecule has 0 spiro atoms. The molecule has 1 heterocycles. The van der Waals surface area contributed by atoms with E-state index in [0.29, 0.717) is 17.7 Å². The van der Waals surface area contributed by atoms with Gasteiger partial charge in [0, 0.05) is 7.05 Å². The zero-order valence-electron chi connectivity index (χ0n) is 11.1. The second kappa shape index (κ2) is 6.39. The molecule has 4 heteroatoms. The van der Waals surface area contributed by atoms with Gasteiger partial charge in [0.2, 0.25) is 0 Å². The third-order valence-corrected chi connectivity index (χ3v) is 3.86. The lowest BCUT2D eigenvalue weighted by Gasteiger charge is -2.26. The van der Waals surface area contributed by atoms with Crippen molar-refractivity contribution >= 4 is 17.4 Å². The molecule has 0 saturated heterocycles. The minimum atomic E-state index is 0.366. The Labute approximate surface area is 114 Å². The molecule has 0 amide bonds. The Morgan fingerprint density at radius 1 is 1.44 bits per heavy atom. The molecule has 2 unspecified atom stereocenters. The van der Waals surface area contributed by atoms with Gasteiger partial charge in [0.1, 0.15) is 5.82 Å². The molecule has 1 saturated carbocycles. The first-order valence-corrected chi connectivity index (χ1v) is 7.01. The monoisotopic (exact) mass is 268 g/mol. The molecule has 0 bridgehead atoms. The Balaban J connectivity index is 1.92. The quantitative estimate of drug-likeness (QED) is 0.900. The summed E-state index contributed by atoms with van der Waals surface area (Å²) in [4.78, 5) is 4.43. The van der Waals surface area contributed by atoms with E-state index in [1.807, 2.05) is 19.2 Å². The molecule has 1 aromatic rings. The van der Waals surface area contributed by atoms with E-state index in [9.17, 15) is 0 Å². The lowest BCUT2D eigenvalue weighted by Crippen LogP contribution is -2.21. The van der Waals surface area contributed by atoms with Crippen molar-refractivity contribution in [3.8, 4) is 0 Å². The number of halogens is 1. The number of hydrogen-bond acceptors (Lipinski definition) is 3. The average Bonchev–Trinajstić information content (AvgIpc) is 2.38. The molecule has 3 nitrogen and oxygen atoms in total. The molecule has 0 radical (unpaired) electrons. The summed E-state index contributed by atoms with van der Waals surface area (Å²) in [5, 5.41) is 3.69. The molecule has 1 aliphatic rings. The van der Waals surface area contributed by atoms with Gasteiger partial charge < -0.3 is 10.1 Å². The summed E-state index contributed by atoms with van der Waals surface area (Å²) in [7, 11) is 1.85. The summed E-state index contributed by atoms with van der Waals surface area (Å²) in [5.74, 6) is 1.60. The van der Waals surface area contributed by atoms with Crippen LogP contribution in [0.25, 0.3) is 0 Å². The van der Waals surface area contributed by atoms with Crippen molar-refractivity contribution in [2.24, 2.45) is 5.92 Å². The minimum absolute atomic E-state index is 0.366. The summed E-state index contributed by atoms with van der Waals surface area (Å²) in [6.45, 7) is 2.80. The Hall–Kier alpha value is -0.800. The van der Waals surface area contributed by atoms with Crippen LogP contribution in [0.4, 0.5) is 5.82 Å². The Morgan fingerprint density at radius 3 is 3.00 bits per heavy atom. The van der Waals surface area contributed by atoms with E-state index >= 15 is 0 Å². The van der Waals surface area contributed by atoms with Crippen LogP contribution < -0.4 is 5.32 Å². The van der Waals surface area contributed by atoms with Crippen molar-refractivity contribution in [1.29, 1.82) is 0 Å². The highest BCUT2D eigenvalue weighted by atomic mass is 35.5. The predicted octanol–water partition coefficient (Wildman–Crippen LogP) is 3.87. The first kappa shape index (κ1) is 13.6. The van der Waals surface area contributed by atoms with E-state index in [1.165, 1.54) is 12.8 Å². The Bertz CT molecular complexity index is 397. The SMILES string of the molecule is CNc1ccc(Cl)c(COC2CCCC(C)C2)n1. The number of nitrogens with one attached hydrogen (secondary N) is 1. The van der Waals surface area contributed by atoms with Crippen molar-refractivity contribution in [2.75, 3.05) is 12.4 Å². The fraction of sp³-hybridized carbons (Fsp3) is 0.643. The summed E-state index contributed by atoms with van der Waals surface area (Å²) < 4.78 is 5.95. The fourth-order valence-electron chi connectivity index (χ4n) is 2.45. The maximum absolute atomic E-state index is 6.13. The van der Waals surface area contributed by atoms with E-state index in [0.717, 1.165) is 30.3 Å². The maximum Gasteiger partial charge on any atom is 0.126 e. The molecule has 2 atom stereocenters. The van der Waals surface area contributed by atoms with Crippen molar-refractivity contribution in [1.82, 2.24) is 4.98 Å². The van der Waals surface area contributed by atoms with Gasteiger partial charge in [-0.25, -0.2) is 4.98 Å². The molecule has 100 valence electrons. The van der Waals surface area contributed by atoms with Crippen LogP contribution in [0.3, 0.4) is 0 Å². The van der Waals surface area contributed by atoms with E-state index in [4.69, 9.17) is 16.3 Å². The predicted molar refractivity (Wildman–Crippen MR) is 75.0 cm³/mol. The normalized spacial score (nSPS) is 23.9. The van der Waals surface area contributed by atoms with Crippen molar-refractivity contribution < 1.29 is 4.74 Å². The van der Waals surface area contributed by atoms with Gasteiger partial charge in [-0.15, -0.1) is 0 Å². The maximum atomic E-state index is 6.13. The average molecular weight is 269 g/mol. The summed E-state index contributed by atoms with van der Waals surface area (Å²) in [5.41, 5.74) is 0.821. The largest absolute Gasteiger partial charge is 0.373 e. The van der Waals surface area contributed by atoms with Crippen LogP contribution in [-0.2, 0) is 11.3 Å². The topological polar surface area (TPSA) is 34.1 Å². The smallest absolute Gasteiger partial charge is 0.126 e. The second-order valence-corrected chi connectivity index (χ2v) is 5.49. The second-order valence-electron chi connectivity index (χ2n) is 5.08. The van der Waals surface area contributed by atoms with Crippen LogP contribution in [0, 0.1) is 5.92 Å². The van der Waals surface area contributed by atoms with Crippen molar-refractivity contribution in [2.45, 2.75) is 45.3 Å². The van der Waals surface area contributed by atoms with E-state index in [2.05, 4.69) is 17.2 Å². The van der Waals surface area contributed by atoms with Gasteiger partial charge in [-0.1, -0.05) is 31.4 Å².